The number of rotatable bonds is 5. The minimum atomic E-state index is -3.47. The van der Waals surface area contributed by atoms with Gasteiger partial charge in [-0.05, 0) is 31.5 Å². The van der Waals surface area contributed by atoms with Gasteiger partial charge in [0.15, 0.2) is 0 Å². The highest BCUT2D eigenvalue weighted by Gasteiger charge is 2.20. The fourth-order valence-corrected chi connectivity index (χ4v) is 2.87. The molecule has 1 unspecified atom stereocenters. The van der Waals surface area contributed by atoms with Crippen molar-refractivity contribution in [1.29, 1.82) is 0 Å². The monoisotopic (exact) mass is 295 g/mol. The van der Waals surface area contributed by atoms with Crippen LogP contribution < -0.4 is 0 Å². The molecule has 0 amide bonds. The molecule has 6 heteroatoms. The maximum absolute atomic E-state index is 12.1. The highest BCUT2D eigenvalue weighted by molar-refractivity contribution is 7.89. The average molecular weight is 296 g/mol. The van der Waals surface area contributed by atoms with Crippen molar-refractivity contribution in [2.75, 3.05) is 13.6 Å². The van der Waals surface area contributed by atoms with Gasteiger partial charge in [0.2, 0.25) is 10.0 Å². The van der Waals surface area contributed by atoms with E-state index in [1.54, 1.807) is 12.1 Å². The standard InChI is InChI=1S/C11H15Cl2NO2S/c1-9(12)6-7-14(2)17(15,16)11-5-3-4-10(13)8-11/h3-5,8-9H,6-7H2,1-2H3. The van der Waals surface area contributed by atoms with Crippen LogP contribution in [0.15, 0.2) is 29.2 Å². The Morgan fingerprint density at radius 1 is 1.41 bits per heavy atom. The summed E-state index contributed by atoms with van der Waals surface area (Å²) in [6, 6.07) is 6.23. The third kappa shape index (κ3) is 4.14. The van der Waals surface area contributed by atoms with Gasteiger partial charge < -0.3 is 0 Å². The molecule has 0 aliphatic carbocycles. The summed E-state index contributed by atoms with van der Waals surface area (Å²) in [6.07, 6.45) is 0.609. The number of hydrogen-bond acceptors (Lipinski definition) is 2. The maximum atomic E-state index is 12.1. The van der Waals surface area contributed by atoms with Crippen LogP contribution in [0.3, 0.4) is 0 Å². The Balaban J connectivity index is 2.88. The van der Waals surface area contributed by atoms with E-state index in [1.165, 1.54) is 23.5 Å². The molecule has 0 N–H and O–H groups in total. The van der Waals surface area contributed by atoms with E-state index in [4.69, 9.17) is 23.2 Å². The van der Waals surface area contributed by atoms with Crippen molar-refractivity contribution in [2.24, 2.45) is 0 Å². The van der Waals surface area contributed by atoms with Crippen LogP contribution in [0.4, 0.5) is 0 Å². The van der Waals surface area contributed by atoms with Crippen molar-refractivity contribution in [2.45, 2.75) is 23.6 Å². The van der Waals surface area contributed by atoms with Crippen LogP contribution in [-0.2, 0) is 10.0 Å². The summed E-state index contributed by atoms with van der Waals surface area (Å²) in [5.41, 5.74) is 0. The van der Waals surface area contributed by atoms with E-state index in [2.05, 4.69) is 0 Å². The lowest BCUT2D eigenvalue weighted by Gasteiger charge is -2.17. The van der Waals surface area contributed by atoms with Crippen molar-refractivity contribution in [3.63, 3.8) is 0 Å². The van der Waals surface area contributed by atoms with E-state index < -0.39 is 10.0 Å². The number of nitrogens with zero attached hydrogens (tertiary/aromatic N) is 1. The molecular formula is C11H15Cl2NO2S. The summed E-state index contributed by atoms with van der Waals surface area (Å²) >= 11 is 11.6. The lowest BCUT2D eigenvalue weighted by molar-refractivity contribution is 0.460. The largest absolute Gasteiger partial charge is 0.242 e. The minimum Gasteiger partial charge on any atom is -0.207 e. The van der Waals surface area contributed by atoms with Crippen LogP contribution in [0.1, 0.15) is 13.3 Å². The quantitative estimate of drug-likeness (QED) is 0.783. The zero-order valence-corrected chi connectivity index (χ0v) is 12.1. The van der Waals surface area contributed by atoms with E-state index in [0.717, 1.165) is 0 Å². The number of halogens is 2. The number of sulfonamides is 1. The molecule has 1 aromatic carbocycles. The summed E-state index contributed by atoms with van der Waals surface area (Å²) in [5, 5.41) is 0.359. The van der Waals surface area contributed by atoms with Crippen molar-refractivity contribution >= 4 is 33.2 Å². The molecule has 1 atom stereocenters. The summed E-state index contributed by atoms with van der Waals surface area (Å²) in [5.74, 6) is 0. The Labute approximate surface area is 112 Å². The van der Waals surface area contributed by atoms with Gasteiger partial charge in [0.1, 0.15) is 0 Å². The summed E-state index contributed by atoms with van der Waals surface area (Å²) in [7, 11) is -1.93. The van der Waals surface area contributed by atoms with E-state index >= 15 is 0 Å². The molecule has 0 saturated heterocycles. The zero-order chi connectivity index (χ0) is 13.1. The van der Waals surface area contributed by atoms with Crippen LogP contribution in [0.2, 0.25) is 5.02 Å². The van der Waals surface area contributed by atoms with E-state index in [-0.39, 0.29) is 10.3 Å². The van der Waals surface area contributed by atoms with Gasteiger partial charge in [0.05, 0.1) is 4.90 Å². The SMILES string of the molecule is CC(Cl)CCN(C)S(=O)(=O)c1cccc(Cl)c1. The van der Waals surface area contributed by atoms with Gasteiger partial charge in [-0.25, -0.2) is 12.7 Å². The third-order valence-corrected chi connectivity index (χ3v) is 4.65. The Hall–Kier alpha value is -0.290. The molecule has 0 heterocycles. The molecule has 0 aromatic heterocycles. The number of alkyl halides is 1. The molecule has 0 fully saturated rings. The van der Waals surface area contributed by atoms with Gasteiger partial charge in [0.25, 0.3) is 0 Å². The Morgan fingerprint density at radius 2 is 2.06 bits per heavy atom. The van der Waals surface area contributed by atoms with Crippen molar-refractivity contribution in [3.05, 3.63) is 29.3 Å². The van der Waals surface area contributed by atoms with Crippen molar-refractivity contribution < 1.29 is 8.42 Å². The Kier molecular flexibility index (Phi) is 5.25. The summed E-state index contributed by atoms with van der Waals surface area (Å²) in [4.78, 5) is 0.203. The minimum absolute atomic E-state index is 0.0491. The number of hydrogen-bond donors (Lipinski definition) is 0. The molecule has 0 spiro atoms. The topological polar surface area (TPSA) is 37.4 Å². The van der Waals surface area contributed by atoms with Gasteiger partial charge in [-0.3, -0.25) is 0 Å². The zero-order valence-electron chi connectivity index (χ0n) is 9.73. The normalized spacial score (nSPS) is 13.9. The summed E-state index contributed by atoms with van der Waals surface area (Å²) in [6.45, 7) is 2.22. The molecule has 3 nitrogen and oxygen atoms in total. The van der Waals surface area contributed by atoms with Crippen molar-refractivity contribution in [1.82, 2.24) is 4.31 Å². The smallest absolute Gasteiger partial charge is 0.207 e. The first-order valence-corrected chi connectivity index (χ1v) is 7.45. The Bertz CT molecular complexity index is 474. The van der Waals surface area contributed by atoms with Crippen molar-refractivity contribution in [3.8, 4) is 0 Å². The first-order valence-electron chi connectivity index (χ1n) is 5.20. The summed E-state index contributed by atoms with van der Waals surface area (Å²) < 4.78 is 25.5. The maximum Gasteiger partial charge on any atom is 0.242 e. The van der Waals surface area contributed by atoms with Gasteiger partial charge in [-0.1, -0.05) is 17.7 Å². The first-order chi connectivity index (χ1) is 7.84. The van der Waals surface area contributed by atoms with Crippen LogP contribution in [0, 0.1) is 0 Å². The molecular weight excluding hydrogens is 281 g/mol. The molecule has 96 valence electrons. The average Bonchev–Trinajstić information content (AvgIpc) is 2.25. The van der Waals surface area contributed by atoms with E-state index in [1.807, 2.05) is 6.92 Å². The second kappa shape index (κ2) is 6.05. The van der Waals surface area contributed by atoms with Crippen LogP contribution >= 0.6 is 23.2 Å². The molecule has 0 bridgehead atoms. The van der Waals surface area contributed by atoms with Crippen LogP contribution in [-0.4, -0.2) is 31.7 Å². The van der Waals surface area contributed by atoms with Crippen LogP contribution in [0.25, 0.3) is 0 Å². The predicted octanol–water partition coefficient (Wildman–Crippen LogP) is 2.98. The first kappa shape index (κ1) is 14.8. The highest BCUT2D eigenvalue weighted by Crippen LogP contribution is 2.19. The molecule has 17 heavy (non-hydrogen) atoms. The highest BCUT2D eigenvalue weighted by atomic mass is 35.5. The molecule has 0 saturated carbocycles. The fourth-order valence-electron chi connectivity index (χ4n) is 1.29. The second-order valence-corrected chi connectivity index (χ2v) is 7.08. The van der Waals surface area contributed by atoms with Crippen LogP contribution in [0.5, 0.6) is 0 Å². The Morgan fingerprint density at radius 3 is 2.59 bits per heavy atom. The molecule has 1 aromatic rings. The molecule has 0 aliphatic rings. The molecule has 0 aliphatic heterocycles. The van der Waals surface area contributed by atoms with Gasteiger partial charge in [-0.15, -0.1) is 11.6 Å². The molecule has 1 rings (SSSR count). The second-order valence-electron chi connectivity index (χ2n) is 3.85. The lowest BCUT2D eigenvalue weighted by Crippen LogP contribution is -2.29. The van der Waals surface area contributed by atoms with E-state index in [0.29, 0.717) is 18.0 Å². The molecule has 0 radical (unpaired) electrons. The number of benzene rings is 1. The third-order valence-electron chi connectivity index (χ3n) is 2.35. The fraction of sp³-hybridized carbons (Fsp3) is 0.455. The predicted molar refractivity (Wildman–Crippen MR) is 71.2 cm³/mol. The van der Waals surface area contributed by atoms with Gasteiger partial charge in [0, 0.05) is 24.0 Å². The van der Waals surface area contributed by atoms with E-state index in [9.17, 15) is 8.42 Å². The van der Waals surface area contributed by atoms with Gasteiger partial charge in [-0.2, -0.15) is 0 Å². The lowest BCUT2D eigenvalue weighted by atomic mass is 10.3. The van der Waals surface area contributed by atoms with Gasteiger partial charge >= 0.3 is 0 Å².